The Morgan fingerprint density at radius 3 is 1.44 bits per heavy atom. The molecule has 0 saturated carbocycles. The highest BCUT2D eigenvalue weighted by molar-refractivity contribution is 5.90. The molecule has 43 heavy (non-hydrogen) atoms. The fourth-order valence-corrected chi connectivity index (χ4v) is 3.85. The van der Waals surface area contributed by atoms with Crippen molar-refractivity contribution in [3.63, 3.8) is 0 Å². The molecule has 0 spiro atoms. The first-order valence-electron chi connectivity index (χ1n) is 13.6. The van der Waals surface area contributed by atoms with E-state index >= 15 is 0 Å². The topological polar surface area (TPSA) is 52.6 Å². The maximum Gasteiger partial charge on any atom is 0.338 e. The third kappa shape index (κ3) is 8.72. The summed E-state index contributed by atoms with van der Waals surface area (Å²) in [7, 11) is 0. The van der Waals surface area contributed by atoms with Crippen molar-refractivity contribution in [1.82, 2.24) is 0 Å². The smallest absolute Gasteiger partial charge is 0.338 e. The molecule has 0 bridgehead atoms. The molecule has 4 aromatic rings. The summed E-state index contributed by atoms with van der Waals surface area (Å²) >= 11 is 0. The van der Waals surface area contributed by atoms with Gasteiger partial charge in [-0.25, -0.2) is 14.0 Å². The summed E-state index contributed by atoms with van der Waals surface area (Å²) in [6, 6.07) is 27.2. The third-order valence-electron chi connectivity index (χ3n) is 6.27. The van der Waals surface area contributed by atoms with Crippen LogP contribution in [0.2, 0.25) is 0 Å². The van der Waals surface area contributed by atoms with Gasteiger partial charge in [-0.05, 0) is 48.7 Å². The molecule has 0 N–H and O–H groups in total. The summed E-state index contributed by atoms with van der Waals surface area (Å²) in [4.78, 5) is 23.8. The van der Waals surface area contributed by atoms with Crippen LogP contribution in [0.25, 0.3) is 36.5 Å². The SMILES string of the molecule is C=C(C)C(=O)Oc1ccccc1/C=C/c1ccc(/C=C/c2ccc(/C=C/c3ccccc3OC(=O)C(=C)C)c(F)c2)cc1. The Morgan fingerprint density at radius 2 is 0.953 bits per heavy atom. The van der Waals surface area contributed by atoms with Gasteiger partial charge in [0.05, 0.1) is 0 Å². The predicted octanol–water partition coefficient (Wildman–Crippen LogP) is 9.30. The van der Waals surface area contributed by atoms with Crippen LogP contribution in [0, 0.1) is 5.82 Å². The van der Waals surface area contributed by atoms with E-state index in [1.54, 1.807) is 56.3 Å². The molecule has 0 fully saturated rings. The van der Waals surface area contributed by atoms with E-state index in [4.69, 9.17) is 9.47 Å². The van der Waals surface area contributed by atoms with Crippen molar-refractivity contribution in [2.75, 3.05) is 0 Å². The van der Waals surface area contributed by atoms with Crippen LogP contribution < -0.4 is 9.47 Å². The number of benzene rings is 4. The molecular weight excluding hydrogens is 539 g/mol. The van der Waals surface area contributed by atoms with Gasteiger partial charge in [0.25, 0.3) is 0 Å². The van der Waals surface area contributed by atoms with Crippen LogP contribution in [0.1, 0.15) is 47.2 Å². The van der Waals surface area contributed by atoms with Gasteiger partial charge in [0, 0.05) is 27.8 Å². The Labute approximate surface area is 251 Å². The number of hydrogen-bond donors (Lipinski definition) is 0. The zero-order valence-electron chi connectivity index (χ0n) is 24.0. The molecule has 4 rings (SSSR count). The second kappa shape index (κ2) is 14.4. The molecule has 214 valence electrons. The highest BCUT2D eigenvalue weighted by atomic mass is 19.1. The van der Waals surface area contributed by atoms with E-state index in [-0.39, 0.29) is 5.82 Å². The van der Waals surface area contributed by atoms with Crippen molar-refractivity contribution in [2.24, 2.45) is 0 Å². The summed E-state index contributed by atoms with van der Waals surface area (Å²) in [6.45, 7) is 10.4. The van der Waals surface area contributed by atoms with Crippen LogP contribution in [0.3, 0.4) is 0 Å². The normalized spacial score (nSPS) is 11.2. The molecule has 0 aromatic heterocycles. The van der Waals surface area contributed by atoms with Gasteiger partial charge in [-0.1, -0.05) is 122 Å². The van der Waals surface area contributed by atoms with Crippen LogP contribution in [0.5, 0.6) is 11.5 Å². The lowest BCUT2D eigenvalue weighted by atomic mass is 10.1. The number of rotatable bonds is 10. The summed E-state index contributed by atoms with van der Waals surface area (Å²) in [5.74, 6) is -0.507. The average Bonchev–Trinajstić information content (AvgIpc) is 3.00. The molecule has 0 saturated heterocycles. The van der Waals surface area contributed by atoms with E-state index in [9.17, 15) is 14.0 Å². The van der Waals surface area contributed by atoms with Gasteiger partial charge < -0.3 is 9.47 Å². The quantitative estimate of drug-likeness (QED) is 0.0825. The average molecular weight is 571 g/mol. The van der Waals surface area contributed by atoms with Crippen molar-refractivity contribution in [3.8, 4) is 11.5 Å². The fraction of sp³-hybridized carbons (Fsp3) is 0.0526. The third-order valence-corrected chi connectivity index (χ3v) is 6.27. The molecule has 0 atom stereocenters. The molecule has 0 aliphatic rings. The number of halogens is 1. The van der Waals surface area contributed by atoms with E-state index < -0.39 is 11.9 Å². The van der Waals surface area contributed by atoms with Gasteiger partial charge in [0.15, 0.2) is 0 Å². The van der Waals surface area contributed by atoms with Gasteiger partial charge in [-0.15, -0.1) is 0 Å². The lowest BCUT2D eigenvalue weighted by Gasteiger charge is -2.07. The van der Waals surface area contributed by atoms with Gasteiger partial charge in [0.2, 0.25) is 0 Å². The van der Waals surface area contributed by atoms with Crippen LogP contribution in [-0.4, -0.2) is 11.9 Å². The summed E-state index contributed by atoms with van der Waals surface area (Å²) in [5, 5.41) is 0. The minimum absolute atomic E-state index is 0.295. The molecule has 0 radical (unpaired) electrons. The van der Waals surface area contributed by atoms with Crippen LogP contribution in [-0.2, 0) is 9.59 Å². The largest absolute Gasteiger partial charge is 0.423 e. The lowest BCUT2D eigenvalue weighted by Crippen LogP contribution is -2.08. The van der Waals surface area contributed by atoms with Gasteiger partial charge >= 0.3 is 11.9 Å². The first-order chi connectivity index (χ1) is 20.7. The second-order valence-electron chi connectivity index (χ2n) is 9.86. The highest BCUT2D eigenvalue weighted by Gasteiger charge is 2.09. The monoisotopic (exact) mass is 570 g/mol. The highest BCUT2D eigenvalue weighted by Crippen LogP contribution is 2.24. The Kier molecular flexibility index (Phi) is 10.2. The lowest BCUT2D eigenvalue weighted by molar-refractivity contribution is -0.130. The number of para-hydroxylation sites is 2. The maximum absolute atomic E-state index is 14.9. The van der Waals surface area contributed by atoms with Crippen LogP contribution in [0.15, 0.2) is 115 Å². The Bertz CT molecular complexity index is 1760. The number of carbonyl (C=O) groups excluding carboxylic acids is 2. The Hall–Kier alpha value is -5.55. The minimum Gasteiger partial charge on any atom is -0.423 e. The van der Waals surface area contributed by atoms with Crippen molar-refractivity contribution in [1.29, 1.82) is 0 Å². The zero-order valence-corrected chi connectivity index (χ0v) is 24.0. The molecular formula is C38H31FO4. The van der Waals surface area contributed by atoms with E-state index in [0.717, 1.165) is 22.3 Å². The van der Waals surface area contributed by atoms with Crippen molar-refractivity contribution < 1.29 is 23.5 Å². The molecule has 4 aromatic carbocycles. The fourth-order valence-electron chi connectivity index (χ4n) is 3.85. The predicted molar refractivity (Wildman–Crippen MR) is 173 cm³/mol. The van der Waals surface area contributed by atoms with Gasteiger partial charge in [0.1, 0.15) is 17.3 Å². The number of hydrogen-bond acceptors (Lipinski definition) is 4. The molecule has 5 heteroatoms. The number of carbonyl (C=O) groups is 2. The molecule has 0 amide bonds. The van der Waals surface area contributed by atoms with Gasteiger partial charge in [-0.2, -0.15) is 0 Å². The summed E-state index contributed by atoms with van der Waals surface area (Å²) in [6.07, 6.45) is 10.9. The van der Waals surface area contributed by atoms with Crippen LogP contribution >= 0.6 is 0 Å². The van der Waals surface area contributed by atoms with Crippen molar-refractivity contribution >= 4 is 48.4 Å². The first kappa shape index (κ1) is 30.4. The van der Waals surface area contributed by atoms with E-state index in [1.165, 1.54) is 6.07 Å². The molecule has 0 heterocycles. The maximum atomic E-state index is 14.9. The summed E-state index contributed by atoms with van der Waals surface area (Å²) < 4.78 is 25.7. The van der Waals surface area contributed by atoms with Gasteiger partial charge in [-0.3, -0.25) is 0 Å². The standard InChI is InChI=1S/C38H31FO4/c1-26(2)37(40)42-35-11-7-5-9-32(35)22-19-29-15-13-28(14-16-29)17-18-30-20-21-31(34(39)25-30)23-24-33-10-6-8-12-36(33)43-38(41)27(3)4/h5-25H,1,3H2,2,4H3/b18-17+,22-19+,24-23+. The van der Waals surface area contributed by atoms with E-state index in [1.807, 2.05) is 78.9 Å². The van der Waals surface area contributed by atoms with Crippen molar-refractivity contribution in [3.05, 3.63) is 154 Å². The molecule has 0 unspecified atom stereocenters. The van der Waals surface area contributed by atoms with E-state index in [2.05, 4.69) is 13.2 Å². The second-order valence-corrected chi connectivity index (χ2v) is 9.86. The van der Waals surface area contributed by atoms with E-state index in [0.29, 0.717) is 33.8 Å². The molecule has 0 aliphatic heterocycles. The Balaban J connectivity index is 1.41. The van der Waals surface area contributed by atoms with Crippen LogP contribution in [0.4, 0.5) is 4.39 Å². The molecule has 0 aliphatic carbocycles. The zero-order chi connectivity index (χ0) is 30.8. The Morgan fingerprint density at radius 1 is 0.558 bits per heavy atom. The number of ether oxygens (including phenoxy) is 2. The first-order valence-corrected chi connectivity index (χ1v) is 13.6. The minimum atomic E-state index is -0.515. The summed E-state index contributed by atoms with van der Waals surface area (Å²) in [5.41, 5.74) is 5.10. The number of esters is 2. The van der Waals surface area contributed by atoms with Crippen molar-refractivity contribution in [2.45, 2.75) is 13.8 Å². The molecule has 4 nitrogen and oxygen atoms in total.